The van der Waals surface area contributed by atoms with E-state index >= 15 is 0 Å². The van der Waals surface area contributed by atoms with Crippen molar-refractivity contribution < 1.29 is 9.13 Å². The summed E-state index contributed by atoms with van der Waals surface area (Å²) in [5.41, 5.74) is 2.71. The Morgan fingerprint density at radius 2 is 1.82 bits per heavy atom. The van der Waals surface area contributed by atoms with Gasteiger partial charge in [0.25, 0.3) is 5.56 Å². The fourth-order valence-corrected chi connectivity index (χ4v) is 4.27. The molecule has 6 nitrogen and oxygen atoms in total. The van der Waals surface area contributed by atoms with Crippen molar-refractivity contribution in [3.8, 4) is 11.4 Å². The van der Waals surface area contributed by atoms with E-state index in [2.05, 4.69) is 10.00 Å². The first-order chi connectivity index (χ1) is 16.2. The molecule has 1 aliphatic heterocycles. The van der Waals surface area contributed by atoms with Crippen molar-refractivity contribution >= 4 is 10.9 Å². The van der Waals surface area contributed by atoms with Gasteiger partial charge < -0.3 is 9.64 Å². The third-order valence-electron chi connectivity index (χ3n) is 6.19. The standard InChI is InChI=1S/C26H27FN4O2/c27-22-8-11-29(12-9-22)14-15-31-25-7-6-23(16-21(25)18-28-31)30-13-10-24(17-26(30)32)33-19-20-4-2-1-3-5-20/h1-7,10,13,16-18,22H,8-9,11-12,14-15,19H2. The number of ether oxygens (including phenoxy) is 1. The van der Waals surface area contributed by atoms with Gasteiger partial charge in [-0.05, 0) is 42.7 Å². The monoisotopic (exact) mass is 446 g/mol. The summed E-state index contributed by atoms with van der Waals surface area (Å²) in [4.78, 5) is 15.0. The van der Waals surface area contributed by atoms with Crippen LogP contribution >= 0.6 is 0 Å². The molecule has 3 heterocycles. The van der Waals surface area contributed by atoms with Crippen LogP contribution < -0.4 is 10.3 Å². The largest absolute Gasteiger partial charge is 0.489 e. The molecule has 0 saturated carbocycles. The van der Waals surface area contributed by atoms with Crippen LogP contribution in [0.2, 0.25) is 0 Å². The maximum atomic E-state index is 13.3. The molecule has 0 spiro atoms. The van der Waals surface area contributed by atoms with Crippen LogP contribution in [0.5, 0.6) is 5.75 Å². The maximum absolute atomic E-state index is 13.3. The van der Waals surface area contributed by atoms with Gasteiger partial charge in [-0.25, -0.2) is 4.39 Å². The normalized spacial score (nSPS) is 15.2. The molecular formula is C26H27FN4O2. The van der Waals surface area contributed by atoms with Gasteiger partial charge in [0.15, 0.2) is 0 Å². The predicted octanol–water partition coefficient (Wildman–Crippen LogP) is 4.20. The minimum atomic E-state index is -0.655. The number of hydrogen-bond donors (Lipinski definition) is 0. The quantitative estimate of drug-likeness (QED) is 0.427. The first-order valence-corrected chi connectivity index (χ1v) is 11.4. The van der Waals surface area contributed by atoms with Crippen LogP contribution in [-0.4, -0.2) is 45.1 Å². The van der Waals surface area contributed by atoms with Crippen molar-refractivity contribution in [2.24, 2.45) is 0 Å². The molecule has 1 aliphatic rings. The lowest BCUT2D eigenvalue weighted by Gasteiger charge is -2.28. The SMILES string of the molecule is O=c1cc(OCc2ccccc2)ccn1-c1ccc2c(cnn2CCN2CCC(F)CC2)c1. The molecule has 5 rings (SSSR count). The summed E-state index contributed by atoms with van der Waals surface area (Å²) in [6.45, 7) is 3.64. The summed E-state index contributed by atoms with van der Waals surface area (Å²) in [5.74, 6) is 0.547. The molecule has 4 aromatic rings. The van der Waals surface area contributed by atoms with Gasteiger partial charge in [0, 0.05) is 43.0 Å². The molecule has 0 aliphatic carbocycles. The Labute approximate surface area is 191 Å². The number of pyridine rings is 1. The van der Waals surface area contributed by atoms with Gasteiger partial charge in [0.2, 0.25) is 0 Å². The molecule has 1 fully saturated rings. The second-order valence-corrected chi connectivity index (χ2v) is 8.47. The molecule has 0 radical (unpaired) electrons. The molecule has 170 valence electrons. The molecular weight excluding hydrogens is 419 g/mol. The zero-order valence-corrected chi connectivity index (χ0v) is 18.4. The summed E-state index contributed by atoms with van der Waals surface area (Å²) in [6, 6.07) is 19.1. The number of rotatable bonds is 7. The molecule has 7 heteroatoms. The Balaban J connectivity index is 1.27. The molecule has 0 unspecified atom stereocenters. The van der Waals surface area contributed by atoms with Crippen LogP contribution in [-0.2, 0) is 13.2 Å². The summed E-state index contributed by atoms with van der Waals surface area (Å²) in [6.07, 6.45) is 4.15. The van der Waals surface area contributed by atoms with E-state index in [9.17, 15) is 9.18 Å². The molecule has 0 N–H and O–H groups in total. The van der Waals surface area contributed by atoms with Gasteiger partial charge >= 0.3 is 0 Å². The van der Waals surface area contributed by atoms with Gasteiger partial charge in [-0.3, -0.25) is 14.0 Å². The molecule has 0 atom stereocenters. The van der Waals surface area contributed by atoms with Crippen molar-refractivity contribution in [1.29, 1.82) is 0 Å². The van der Waals surface area contributed by atoms with E-state index < -0.39 is 6.17 Å². The van der Waals surface area contributed by atoms with Crippen LogP contribution in [0.4, 0.5) is 4.39 Å². The number of fused-ring (bicyclic) bond motifs is 1. The van der Waals surface area contributed by atoms with Crippen LogP contribution in [0.15, 0.2) is 77.9 Å². The fraction of sp³-hybridized carbons (Fsp3) is 0.308. The lowest BCUT2D eigenvalue weighted by molar-refractivity contribution is 0.146. The average molecular weight is 447 g/mol. The van der Waals surface area contributed by atoms with Crippen LogP contribution in [0, 0.1) is 0 Å². The van der Waals surface area contributed by atoms with Gasteiger partial charge in [-0.1, -0.05) is 30.3 Å². The van der Waals surface area contributed by atoms with Gasteiger partial charge in [0.1, 0.15) is 18.5 Å². The lowest BCUT2D eigenvalue weighted by atomic mass is 10.1. The molecule has 33 heavy (non-hydrogen) atoms. The Morgan fingerprint density at radius 3 is 2.61 bits per heavy atom. The smallest absolute Gasteiger partial charge is 0.258 e. The molecule has 2 aromatic carbocycles. The number of hydrogen-bond acceptors (Lipinski definition) is 4. The molecule has 0 bridgehead atoms. The Bertz CT molecular complexity index is 1280. The third-order valence-corrected chi connectivity index (χ3v) is 6.19. The van der Waals surface area contributed by atoms with E-state index in [0.717, 1.165) is 48.3 Å². The third kappa shape index (κ3) is 4.98. The Hall–Kier alpha value is -3.45. The highest BCUT2D eigenvalue weighted by Crippen LogP contribution is 2.20. The fourth-order valence-electron chi connectivity index (χ4n) is 4.27. The van der Waals surface area contributed by atoms with E-state index in [1.807, 2.05) is 59.4 Å². The summed E-state index contributed by atoms with van der Waals surface area (Å²) in [5, 5.41) is 5.51. The topological polar surface area (TPSA) is 52.3 Å². The summed E-state index contributed by atoms with van der Waals surface area (Å²) >= 11 is 0. The number of likely N-dealkylation sites (tertiary alicyclic amines) is 1. The lowest BCUT2D eigenvalue weighted by Crippen LogP contribution is -2.36. The van der Waals surface area contributed by atoms with E-state index in [4.69, 9.17) is 4.74 Å². The second kappa shape index (κ2) is 9.58. The predicted molar refractivity (Wildman–Crippen MR) is 127 cm³/mol. The van der Waals surface area contributed by atoms with Crippen molar-refractivity contribution in [3.63, 3.8) is 0 Å². The minimum absolute atomic E-state index is 0.149. The maximum Gasteiger partial charge on any atom is 0.258 e. The molecule has 0 amide bonds. The zero-order chi connectivity index (χ0) is 22.6. The number of piperidine rings is 1. The number of alkyl halides is 1. The van der Waals surface area contributed by atoms with Gasteiger partial charge in [0.05, 0.1) is 18.3 Å². The summed E-state index contributed by atoms with van der Waals surface area (Å²) < 4.78 is 22.7. The number of nitrogens with zero attached hydrogens (tertiary/aromatic N) is 4. The van der Waals surface area contributed by atoms with Gasteiger partial charge in [-0.2, -0.15) is 5.10 Å². The Morgan fingerprint density at radius 1 is 1.00 bits per heavy atom. The van der Waals surface area contributed by atoms with Crippen molar-refractivity contribution in [1.82, 2.24) is 19.2 Å². The highest BCUT2D eigenvalue weighted by Gasteiger charge is 2.18. The average Bonchev–Trinajstić information content (AvgIpc) is 3.25. The first kappa shape index (κ1) is 21.4. The zero-order valence-electron chi connectivity index (χ0n) is 18.4. The van der Waals surface area contributed by atoms with E-state index in [1.165, 1.54) is 6.07 Å². The highest BCUT2D eigenvalue weighted by molar-refractivity contribution is 5.80. The van der Waals surface area contributed by atoms with Crippen LogP contribution in [0.1, 0.15) is 18.4 Å². The second-order valence-electron chi connectivity index (χ2n) is 8.47. The molecule has 1 saturated heterocycles. The van der Waals surface area contributed by atoms with Gasteiger partial charge in [-0.15, -0.1) is 0 Å². The van der Waals surface area contributed by atoms with Crippen molar-refractivity contribution in [2.75, 3.05) is 19.6 Å². The minimum Gasteiger partial charge on any atom is -0.489 e. The van der Waals surface area contributed by atoms with E-state index in [0.29, 0.717) is 25.2 Å². The summed E-state index contributed by atoms with van der Waals surface area (Å²) in [7, 11) is 0. The van der Waals surface area contributed by atoms with Crippen molar-refractivity contribution in [2.45, 2.75) is 32.2 Å². The highest BCUT2D eigenvalue weighted by atomic mass is 19.1. The van der Waals surface area contributed by atoms with E-state index in [1.54, 1.807) is 16.8 Å². The Kier molecular flexibility index (Phi) is 6.21. The first-order valence-electron chi connectivity index (χ1n) is 11.4. The number of aromatic nitrogens is 3. The number of halogens is 1. The van der Waals surface area contributed by atoms with E-state index in [-0.39, 0.29) is 5.56 Å². The van der Waals surface area contributed by atoms with Crippen molar-refractivity contribution in [3.05, 3.63) is 89.0 Å². The molecule has 2 aromatic heterocycles. The van der Waals surface area contributed by atoms with Crippen LogP contribution in [0.3, 0.4) is 0 Å². The number of benzene rings is 2. The van der Waals surface area contributed by atoms with Crippen LogP contribution in [0.25, 0.3) is 16.6 Å².